The molecule has 1 aromatic carbocycles. The Bertz CT molecular complexity index is 433. The summed E-state index contributed by atoms with van der Waals surface area (Å²) in [6.07, 6.45) is 0.420. The third kappa shape index (κ3) is 13.9. The number of carbonyl (C=O) groups excluding carboxylic acids is 1. The number of nitrogens with two attached hydrogens (primary N) is 1. The lowest BCUT2D eigenvalue weighted by molar-refractivity contribution is -0.112. The van der Waals surface area contributed by atoms with Crippen LogP contribution in [0, 0.1) is 0 Å². The first-order valence-corrected chi connectivity index (χ1v) is 9.52. The summed E-state index contributed by atoms with van der Waals surface area (Å²) in [5.74, 6) is 0.708. The Labute approximate surface area is 154 Å². The lowest BCUT2D eigenvalue weighted by Crippen LogP contribution is -2.14. The molecule has 0 spiro atoms. The van der Waals surface area contributed by atoms with E-state index >= 15 is 0 Å². The fourth-order valence-corrected chi connectivity index (χ4v) is 2.56. The summed E-state index contributed by atoms with van der Waals surface area (Å²) >= 11 is 1.33. The number of ether oxygens (including phenoxy) is 4. The van der Waals surface area contributed by atoms with Gasteiger partial charge in [-0.3, -0.25) is 4.79 Å². The lowest BCUT2D eigenvalue weighted by Gasteiger charge is -2.07. The summed E-state index contributed by atoms with van der Waals surface area (Å²) < 4.78 is 21.3. The Kier molecular flexibility index (Phi) is 14.6. The van der Waals surface area contributed by atoms with E-state index in [2.05, 4.69) is 0 Å². The summed E-state index contributed by atoms with van der Waals surface area (Å²) in [5, 5.41) is 0.148. The van der Waals surface area contributed by atoms with Crippen LogP contribution in [0.3, 0.4) is 0 Å². The highest BCUT2D eigenvalue weighted by atomic mass is 32.2. The standard InChI is InChI=1S/C18H29NO5S/c19-7-9-22-11-13-24-15-14-23-12-10-21-8-6-18(20)25-16-17-4-2-1-3-5-17/h1-5H,6-16,19H2. The second kappa shape index (κ2) is 16.5. The van der Waals surface area contributed by atoms with E-state index in [1.165, 1.54) is 11.8 Å². The van der Waals surface area contributed by atoms with Crippen LogP contribution in [0.15, 0.2) is 30.3 Å². The minimum absolute atomic E-state index is 0.148. The molecule has 0 unspecified atom stereocenters. The zero-order valence-electron chi connectivity index (χ0n) is 14.7. The predicted molar refractivity (Wildman–Crippen MR) is 99.7 cm³/mol. The third-order valence-corrected chi connectivity index (χ3v) is 4.08. The van der Waals surface area contributed by atoms with E-state index in [4.69, 9.17) is 24.7 Å². The molecule has 0 radical (unpaired) electrons. The topological polar surface area (TPSA) is 80.0 Å². The van der Waals surface area contributed by atoms with Crippen molar-refractivity contribution in [3.05, 3.63) is 35.9 Å². The van der Waals surface area contributed by atoms with Gasteiger partial charge in [0.05, 0.1) is 52.9 Å². The maximum Gasteiger partial charge on any atom is 0.191 e. The van der Waals surface area contributed by atoms with Gasteiger partial charge in [-0.2, -0.15) is 0 Å². The minimum Gasteiger partial charge on any atom is -0.379 e. The van der Waals surface area contributed by atoms with Gasteiger partial charge < -0.3 is 24.7 Å². The molecule has 1 aromatic rings. The molecule has 0 heterocycles. The van der Waals surface area contributed by atoms with Crippen LogP contribution in [0.2, 0.25) is 0 Å². The third-order valence-electron chi connectivity index (χ3n) is 3.07. The van der Waals surface area contributed by atoms with Crippen LogP contribution in [0.25, 0.3) is 0 Å². The zero-order valence-corrected chi connectivity index (χ0v) is 15.5. The average Bonchev–Trinajstić information content (AvgIpc) is 2.64. The van der Waals surface area contributed by atoms with Gasteiger partial charge in [0.2, 0.25) is 0 Å². The number of thioether (sulfide) groups is 1. The normalized spacial score (nSPS) is 10.9. The van der Waals surface area contributed by atoms with Crippen molar-refractivity contribution in [3.8, 4) is 0 Å². The molecule has 142 valence electrons. The molecule has 25 heavy (non-hydrogen) atoms. The van der Waals surface area contributed by atoms with Gasteiger partial charge in [0.15, 0.2) is 5.12 Å². The molecule has 0 aromatic heterocycles. The molecular weight excluding hydrogens is 342 g/mol. The van der Waals surface area contributed by atoms with Crippen LogP contribution in [-0.2, 0) is 29.5 Å². The van der Waals surface area contributed by atoms with E-state index < -0.39 is 0 Å². The van der Waals surface area contributed by atoms with Gasteiger partial charge in [0.25, 0.3) is 0 Å². The molecule has 1 rings (SSSR count). The van der Waals surface area contributed by atoms with Crippen molar-refractivity contribution in [2.24, 2.45) is 5.73 Å². The molecule has 0 aliphatic heterocycles. The Hall–Kier alpha value is -0.960. The van der Waals surface area contributed by atoms with Crippen LogP contribution >= 0.6 is 11.8 Å². The van der Waals surface area contributed by atoms with E-state index in [0.717, 1.165) is 5.56 Å². The van der Waals surface area contributed by atoms with Gasteiger partial charge in [0.1, 0.15) is 0 Å². The molecule has 6 nitrogen and oxygen atoms in total. The summed E-state index contributed by atoms with van der Waals surface area (Å²) in [6.45, 7) is 4.64. The molecule has 0 atom stereocenters. The number of carbonyl (C=O) groups is 1. The lowest BCUT2D eigenvalue weighted by atomic mass is 10.2. The van der Waals surface area contributed by atoms with Gasteiger partial charge >= 0.3 is 0 Å². The second-order valence-electron chi connectivity index (χ2n) is 5.13. The highest BCUT2D eigenvalue weighted by Gasteiger charge is 2.03. The quantitative estimate of drug-likeness (QED) is 0.444. The zero-order chi connectivity index (χ0) is 18.0. The maximum absolute atomic E-state index is 11.7. The first kappa shape index (κ1) is 22.1. The Morgan fingerprint density at radius 3 is 1.88 bits per heavy atom. The monoisotopic (exact) mass is 371 g/mol. The van der Waals surface area contributed by atoms with E-state index in [1.807, 2.05) is 30.3 Å². The minimum atomic E-state index is 0.148. The van der Waals surface area contributed by atoms with Crippen LogP contribution in [-0.4, -0.2) is 64.5 Å². The second-order valence-corrected chi connectivity index (χ2v) is 6.17. The fourth-order valence-electron chi connectivity index (χ4n) is 1.81. The van der Waals surface area contributed by atoms with Crippen LogP contribution < -0.4 is 5.73 Å². The van der Waals surface area contributed by atoms with Crippen molar-refractivity contribution in [1.29, 1.82) is 0 Å². The van der Waals surface area contributed by atoms with E-state index in [9.17, 15) is 4.79 Å². The molecule has 0 saturated carbocycles. The van der Waals surface area contributed by atoms with Crippen molar-refractivity contribution >= 4 is 16.9 Å². The Morgan fingerprint density at radius 2 is 1.32 bits per heavy atom. The van der Waals surface area contributed by atoms with Crippen molar-refractivity contribution in [1.82, 2.24) is 0 Å². The highest BCUT2D eigenvalue weighted by Crippen LogP contribution is 2.14. The van der Waals surface area contributed by atoms with Crippen LogP contribution in [0.4, 0.5) is 0 Å². The van der Waals surface area contributed by atoms with Crippen LogP contribution in [0.1, 0.15) is 12.0 Å². The summed E-state index contributed by atoms with van der Waals surface area (Å²) in [4.78, 5) is 11.7. The smallest absolute Gasteiger partial charge is 0.191 e. The van der Waals surface area contributed by atoms with Gasteiger partial charge in [0, 0.05) is 18.7 Å². The molecule has 0 fully saturated rings. The van der Waals surface area contributed by atoms with E-state index in [-0.39, 0.29) is 5.12 Å². The van der Waals surface area contributed by atoms with Gasteiger partial charge in [-0.25, -0.2) is 0 Å². The van der Waals surface area contributed by atoms with Crippen molar-refractivity contribution in [2.45, 2.75) is 12.2 Å². The average molecular weight is 371 g/mol. The highest BCUT2D eigenvalue weighted by molar-refractivity contribution is 8.12. The van der Waals surface area contributed by atoms with Crippen molar-refractivity contribution in [3.63, 3.8) is 0 Å². The molecular formula is C18H29NO5S. The molecule has 0 amide bonds. The first-order valence-electron chi connectivity index (χ1n) is 8.53. The van der Waals surface area contributed by atoms with Gasteiger partial charge in [-0.15, -0.1) is 0 Å². The van der Waals surface area contributed by atoms with Crippen LogP contribution in [0.5, 0.6) is 0 Å². The number of benzene rings is 1. The SMILES string of the molecule is NCCOCCOCCOCCOCCC(=O)SCc1ccccc1. The molecule has 7 heteroatoms. The summed E-state index contributed by atoms with van der Waals surface area (Å²) in [6, 6.07) is 9.96. The molecule has 0 aliphatic rings. The largest absolute Gasteiger partial charge is 0.379 e. The van der Waals surface area contributed by atoms with Crippen molar-refractivity contribution < 1.29 is 23.7 Å². The number of rotatable bonds is 16. The van der Waals surface area contributed by atoms with Gasteiger partial charge in [-0.05, 0) is 5.56 Å². The Morgan fingerprint density at radius 1 is 0.800 bits per heavy atom. The van der Waals surface area contributed by atoms with E-state index in [0.29, 0.717) is 71.6 Å². The number of hydrogen-bond donors (Lipinski definition) is 1. The predicted octanol–water partition coefficient (Wildman–Crippen LogP) is 1.86. The molecule has 0 aliphatic carbocycles. The summed E-state index contributed by atoms with van der Waals surface area (Å²) in [7, 11) is 0. The molecule has 2 N–H and O–H groups in total. The number of hydrogen-bond acceptors (Lipinski definition) is 7. The van der Waals surface area contributed by atoms with Gasteiger partial charge in [-0.1, -0.05) is 42.1 Å². The maximum atomic E-state index is 11.7. The fraction of sp³-hybridized carbons (Fsp3) is 0.611. The Balaban J connectivity index is 1.80. The molecule has 0 bridgehead atoms. The van der Waals surface area contributed by atoms with Crippen molar-refractivity contribution in [2.75, 3.05) is 59.4 Å². The summed E-state index contributed by atoms with van der Waals surface area (Å²) in [5.41, 5.74) is 6.45. The van der Waals surface area contributed by atoms with E-state index in [1.54, 1.807) is 0 Å². The first-order chi connectivity index (χ1) is 12.3. The molecule has 0 saturated heterocycles.